The van der Waals surface area contributed by atoms with Crippen molar-refractivity contribution in [3.8, 4) is 0 Å². The molecule has 6 nitrogen and oxygen atoms in total. The monoisotopic (exact) mass is 323 g/mol. The Morgan fingerprint density at radius 2 is 1.95 bits per heavy atom. The number of amides is 1. The van der Waals surface area contributed by atoms with Gasteiger partial charge in [-0.05, 0) is 24.3 Å². The van der Waals surface area contributed by atoms with E-state index in [1.54, 1.807) is 7.11 Å². The van der Waals surface area contributed by atoms with Crippen molar-refractivity contribution in [2.75, 3.05) is 12.4 Å². The molecular formula is C14H14FN3O3S. The molecule has 0 aliphatic carbocycles. The summed E-state index contributed by atoms with van der Waals surface area (Å²) in [5.41, 5.74) is 0.382. The van der Waals surface area contributed by atoms with E-state index in [2.05, 4.69) is 15.5 Å². The van der Waals surface area contributed by atoms with Gasteiger partial charge in [-0.1, -0.05) is 11.3 Å². The van der Waals surface area contributed by atoms with E-state index < -0.39 is 5.82 Å². The van der Waals surface area contributed by atoms with Gasteiger partial charge in [-0.2, -0.15) is 0 Å². The predicted octanol–water partition coefficient (Wildman–Crippen LogP) is 2.43. The van der Waals surface area contributed by atoms with Crippen molar-refractivity contribution >= 4 is 28.2 Å². The molecule has 1 N–H and O–H groups in total. The zero-order chi connectivity index (χ0) is 15.9. The topological polar surface area (TPSA) is 81.2 Å². The Hall–Kier alpha value is -2.19. The van der Waals surface area contributed by atoms with Crippen LogP contribution in [0.3, 0.4) is 0 Å². The number of nitrogens with zero attached hydrogens (tertiary/aromatic N) is 2. The van der Waals surface area contributed by atoms with Crippen LogP contribution in [0.15, 0.2) is 24.3 Å². The van der Waals surface area contributed by atoms with E-state index >= 15 is 0 Å². The van der Waals surface area contributed by atoms with E-state index in [-0.39, 0.29) is 24.5 Å². The van der Waals surface area contributed by atoms with Gasteiger partial charge in [0.15, 0.2) is 5.78 Å². The summed E-state index contributed by atoms with van der Waals surface area (Å²) in [6, 6.07) is 5.23. The second kappa shape index (κ2) is 7.71. The number of aromatic nitrogens is 2. The van der Waals surface area contributed by atoms with Crippen molar-refractivity contribution in [2.45, 2.75) is 19.4 Å². The van der Waals surface area contributed by atoms with Gasteiger partial charge in [0.05, 0.1) is 0 Å². The molecule has 1 heterocycles. The summed E-state index contributed by atoms with van der Waals surface area (Å²) in [7, 11) is 1.54. The molecule has 0 aliphatic heterocycles. The van der Waals surface area contributed by atoms with E-state index in [4.69, 9.17) is 4.74 Å². The summed E-state index contributed by atoms with van der Waals surface area (Å²) < 4.78 is 17.7. The number of rotatable bonds is 7. The van der Waals surface area contributed by atoms with Crippen LogP contribution in [0, 0.1) is 5.82 Å². The Balaban J connectivity index is 1.81. The molecule has 8 heteroatoms. The van der Waals surface area contributed by atoms with Crippen LogP contribution in [-0.4, -0.2) is 29.0 Å². The number of ether oxygens (including phenoxy) is 1. The SMILES string of the molecule is COCc1nnc(NC(=O)CCC(=O)c2ccc(F)cc2)s1. The molecule has 0 atom stereocenters. The standard InChI is InChI=1S/C14H14FN3O3S/c1-21-8-13-17-18-14(22-13)16-12(20)7-6-11(19)9-2-4-10(15)5-3-9/h2-5H,6-8H2,1H3,(H,16,18,20). The fourth-order valence-electron chi connectivity index (χ4n) is 1.67. The number of hydrogen-bond acceptors (Lipinski definition) is 6. The Morgan fingerprint density at radius 1 is 1.23 bits per heavy atom. The summed E-state index contributed by atoms with van der Waals surface area (Å²) in [5, 5.41) is 11.2. The van der Waals surface area contributed by atoms with Gasteiger partial charge in [0.2, 0.25) is 11.0 Å². The molecule has 2 aromatic rings. The summed E-state index contributed by atoms with van der Waals surface area (Å²) in [4.78, 5) is 23.6. The summed E-state index contributed by atoms with van der Waals surface area (Å²) in [6.45, 7) is 0.330. The first-order chi connectivity index (χ1) is 10.6. The zero-order valence-corrected chi connectivity index (χ0v) is 12.7. The first kappa shape index (κ1) is 16.2. The van der Waals surface area contributed by atoms with Crippen molar-refractivity contribution in [1.29, 1.82) is 0 Å². The second-order valence-electron chi connectivity index (χ2n) is 4.41. The molecule has 0 fully saturated rings. The van der Waals surface area contributed by atoms with Gasteiger partial charge >= 0.3 is 0 Å². The highest BCUT2D eigenvalue weighted by Gasteiger charge is 2.12. The molecule has 22 heavy (non-hydrogen) atoms. The maximum Gasteiger partial charge on any atom is 0.226 e. The van der Waals surface area contributed by atoms with Crippen LogP contribution in [-0.2, 0) is 16.1 Å². The first-order valence-electron chi connectivity index (χ1n) is 6.48. The van der Waals surface area contributed by atoms with Gasteiger partial charge in [0, 0.05) is 25.5 Å². The number of nitrogens with one attached hydrogen (secondary N) is 1. The lowest BCUT2D eigenvalue weighted by Gasteiger charge is -2.01. The van der Waals surface area contributed by atoms with E-state index in [0.717, 1.165) is 0 Å². The zero-order valence-electron chi connectivity index (χ0n) is 11.8. The van der Waals surface area contributed by atoms with Gasteiger partial charge in [-0.15, -0.1) is 10.2 Å². The molecular weight excluding hydrogens is 309 g/mol. The number of benzene rings is 1. The molecule has 1 aromatic carbocycles. The Labute approximate surface area is 130 Å². The Morgan fingerprint density at radius 3 is 2.64 bits per heavy atom. The smallest absolute Gasteiger partial charge is 0.226 e. The van der Waals surface area contributed by atoms with Gasteiger partial charge in [-0.25, -0.2) is 4.39 Å². The Kier molecular flexibility index (Phi) is 5.68. The molecule has 1 amide bonds. The minimum absolute atomic E-state index is 0.0232. The number of Topliss-reactive ketones (excluding diaryl/α,β-unsaturated/α-hetero) is 1. The van der Waals surface area contributed by atoms with Gasteiger partial charge < -0.3 is 10.1 Å². The maximum atomic E-state index is 12.8. The molecule has 0 aliphatic rings. The predicted molar refractivity (Wildman–Crippen MR) is 79.2 cm³/mol. The minimum atomic E-state index is -0.405. The molecule has 0 saturated heterocycles. The lowest BCUT2D eigenvalue weighted by Crippen LogP contribution is -2.13. The number of ketones is 1. The molecule has 2 rings (SSSR count). The van der Waals surface area contributed by atoms with Gasteiger partial charge in [0.1, 0.15) is 17.4 Å². The Bertz CT molecular complexity index is 658. The normalized spacial score (nSPS) is 10.5. The third-order valence-corrected chi connectivity index (χ3v) is 3.54. The van der Waals surface area contributed by atoms with Crippen molar-refractivity contribution in [3.63, 3.8) is 0 Å². The molecule has 0 radical (unpaired) electrons. The molecule has 0 spiro atoms. The average Bonchev–Trinajstić information content (AvgIpc) is 2.93. The highest BCUT2D eigenvalue weighted by molar-refractivity contribution is 7.15. The highest BCUT2D eigenvalue weighted by atomic mass is 32.1. The molecule has 1 aromatic heterocycles. The summed E-state index contributed by atoms with van der Waals surface area (Å²) >= 11 is 1.21. The van der Waals surface area contributed by atoms with Crippen LogP contribution >= 0.6 is 11.3 Å². The molecule has 0 saturated carbocycles. The van der Waals surface area contributed by atoms with Crippen molar-refractivity contribution in [2.24, 2.45) is 0 Å². The largest absolute Gasteiger partial charge is 0.377 e. The second-order valence-corrected chi connectivity index (χ2v) is 5.47. The van der Waals surface area contributed by atoms with Crippen LogP contribution in [0.25, 0.3) is 0 Å². The van der Waals surface area contributed by atoms with Crippen LogP contribution in [0.2, 0.25) is 0 Å². The third-order valence-electron chi connectivity index (χ3n) is 2.73. The number of carbonyl (C=O) groups excluding carboxylic acids is 2. The van der Waals surface area contributed by atoms with Crippen LogP contribution in [0.1, 0.15) is 28.2 Å². The minimum Gasteiger partial charge on any atom is -0.377 e. The van der Waals surface area contributed by atoms with E-state index in [9.17, 15) is 14.0 Å². The lowest BCUT2D eigenvalue weighted by molar-refractivity contribution is -0.116. The number of hydrogen-bond donors (Lipinski definition) is 1. The summed E-state index contributed by atoms with van der Waals surface area (Å²) in [5.74, 6) is -0.944. The average molecular weight is 323 g/mol. The van der Waals surface area contributed by atoms with Crippen molar-refractivity contribution < 1.29 is 18.7 Å². The first-order valence-corrected chi connectivity index (χ1v) is 7.30. The van der Waals surface area contributed by atoms with Crippen molar-refractivity contribution in [3.05, 3.63) is 40.7 Å². The molecule has 116 valence electrons. The van der Waals surface area contributed by atoms with Gasteiger partial charge in [0.25, 0.3) is 0 Å². The molecule has 0 bridgehead atoms. The quantitative estimate of drug-likeness (QED) is 0.791. The fourth-order valence-corrected chi connectivity index (χ4v) is 2.40. The van der Waals surface area contributed by atoms with Gasteiger partial charge in [-0.3, -0.25) is 9.59 Å². The third kappa shape index (κ3) is 4.68. The maximum absolute atomic E-state index is 12.8. The van der Waals surface area contributed by atoms with Crippen LogP contribution in [0.4, 0.5) is 9.52 Å². The highest BCUT2D eigenvalue weighted by Crippen LogP contribution is 2.16. The van der Waals surface area contributed by atoms with Crippen molar-refractivity contribution in [1.82, 2.24) is 10.2 Å². The number of carbonyl (C=O) groups is 2. The number of anilines is 1. The lowest BCUT2D eigenvalue weighted by atomic mass is 10.1. The van der Waals surface area contributed by atoms with E-state index in [1.165, 1.54) is 35.6 Å². The fraction of sp³-hybridized carbons (Fsp3) is 0.286. The van der Waals surface area contributed by atoms with E-state index in [1.807, 2.05) is 0 Å². The van der Waals surface area contributed by atoms with Crippen LogP contribution < -0.4 is 5.32 Å². The summed E-state index contributed by atoms with van der Waals surface area (Å²) in [6.07, 6.45) is 0.0661. The number of methoxy groups -OCH3 is 1. The van der Waals surface area contributed by atoms with Crippen LogP contribution in [0.5, 0.6) is 0 Å². The molecule has 0 unspecified atom stereocenters. The van der Waals surface area contributed by atoms with E-state index in [0.29, 0.717) is 22.3 Å². The number of halogens is 1.